The van der Waals surface area contributed by atoms with E-state index < -0.39 is 0 Å². The van der Waals surface area contributed by atoms with Gasteiger partial charge in [-0.15, -0.1) is 0 Å². The molecule has 1 aliphatic heterocycles. The van der Waals surface area contributed by atoms with Crippen LogP contribution in [0, 0.1) is 10.8 Å². The van der Waals surface area contributed by atoms with Crippen LogP contribution in [-0.4, -0.2) is 18.1 Å². The number of nitrogens with two attached hydrogens (primary N) is 1. The summed E-state index contributed by atoms with van der Waals surface area (Å²) >= 11 is 2.11. The first-order valence-corrected chi connectivity index (χ1v) is 6.41. The van der Waals surface area contributed by atoms with Crippen LogP contribution in [0.4, 0.5) is 0 Å². The lowest BCUT2D eigenvalue weighted by Crippen LogP contribution is -2.29. The summed E-state index contributed by atoms with van der Waals surface area (Å²) in [6.07, 6.45) is 3.94. The van der Waals surface area contributed by atoms with Gasteiger partial charge in [0, 0.05) is 0 Å². The summed E-state index contributed by atoms with van der Waals surface area (Å²) in [5.41, 5.74) is 6.73. The average molecular weight is 201 g/mol. The molecule has 2 heteroatoms. The van der Waals surface area contributed by atoms with Gasteiger partial charge in [-0.3, -0.25) is 0 Å². The van der Waals surface area contributed by atoms with E-state index in [1.807, 2.05) is 0 Å². The van der Waals surface area contributed by atoms with Gasteiger partial charge >= 0.3 is 0 Å². The Hall–Kier alpha value is 0.310. The van der Waals surface area contributed by atoms with Gasteiger partial charge in [-0.25, -0.2) is 0 Å². The van der Waals surface area contributed by atoms with Crippen molar-refractivity contribution in [2.75, 3.05) is 18.1 Å². The molecular weight excluding hydrogens is 178 g/mol. The number of rotatable bonds is 3. The first kappa shape index (κ1) is 11.4. The summed E-state index contributed by atoms with van der Waals surface area (Å²) in [4.78, 5) is 0. The van der Waals surface area contributed by atoms with Crippen molar-refractivity contribution in [3.63, 3.8) is 0 Å². The van der Waals surface area contributed by atoms with Crippen LogP contribution in [0.25, 0.3) is 0 Å². The van der Waals surface area contributed by atoms with Crippen LogP contribution < -0.4 is 5.73 Å². The van der Waals surface area contributed by atoms with Gasteiger partial charge in [-0.2, -0.15) is 11.8 Å². The minimum absolute atomic E-state index is 0.458. The maximum absolute atomic E-state index is 5.70. The molecule has 0 bridgehead atoms. The third-order valence-electron chi connectivity index (χ3n) is 2.76. The molecule has 0 saturated carbocycles. The van der Waals surface area contributed by atoms with Crippen molar-refractivity contribution in [1.82, 2.24) is 0 Å². The molecule has 0 aromatic rings. The van der Waals surface area contributed by atoms with E-state index in [4.69, 9.17) is 5.73 Å². The van der Waals surface area contributed by atoms with Gasteiger partial charge in [-0.05, 0) is 48.1 Å². The van der Waals surface area contributed by atoms with E-state index in [1.165, 1.54) is 30.8 Å². The van der Waals surface area contributed by atoms with Crippen LogP contribution in [-0.2, 0) is 0 Å². The summed E-state index contributed by atoms with van der Waals surface area (Å²) < 4.78 is 0. The third kappa shape index (κ3) is 3.51. The van der Waals surface area contributed by atoms with Crippen molar-refractivity contribution in [3.05, 3.63) is 0 Å². The predicted molar refractivity (Wildman–Crippen MR) is 62.1 cm³/mol. The summed E-state index contributed by atoms with van der Waals surface area (Å²) in [6, 6.07) is 0. The Morgan fingerprint density at radius 3 is 2.46 bits per heavy atom. The molecule has 13 heavy (non-hydrogen) atoms. The maximum Gasteiger partial charge on any atom is -0.000983 e. The Labute approximate surface area is 86.8 Å². The Balaban J connectivity index is 2.56. The monoisotopic (exact) mass is 201 g/mol. The number of thioether (sulfide) groups is 1. The van der Waals surface area contributed by atoms with E-state index in [9.17, 15) is 0 Å². The lowest BCUT2D eigenvalue weighted by molar-refractivity contribution is 0.188. The fourth-order valence-corrected chi connectivity index (χ4v) is 4.05. The van der Waals surface area contributed by atoms with E-state index in [0.717, 1.165) is 6.54 Å². The molecule has 0 amide bonds. The molecule has 1 rings (SSSR count). The Kier molecular flexibility index (Phi) is 3.70. The van der Waals surface area contributed by atoms with E-state index in [2.05, 4.69) is 32.5 Å². The zero-order chi connectivity index (χ0) is 9.95. The first-order valence-electron chi connectivity index (χ1n) is 5.25. The van der Waals surface area contributed by atoms with Gasteiger partial charge in [0.1, 0.15) is 0 Å². The zero-order valence-electron chi connectivity index (χ0n) is 9.23. The molecule has 1 atom stereocenters. The minimum atomic E-state index is 0.458. The molecule has 1 nitrogen and oxygen atoms in total. The second-order valence-corrected chi connectivity index (χ2v) is 6.68. The summed E-state index contributed by atoms with van der Waals surface area (Å²) in [5, 5.41) is 0. The van der Waals surface area contributed by atoms with E-state index in [0.29, 0.717) is 10.8 Å². The standard InChI is InChI=1S/C11H23NS/c1-10(2,3)8-11(4-6-12)5-7-13-9-11/h4-9,12H2,1-3H3. The molecule has 1 unspecified atom stereocenters. The quantitative estimate of drug-likeness (QED) is 0.760. The van der Waals surface area contributed by atoms with Crippen molar-refractivity contribution in [1.29, 1.82) is 0 Å². The van der Waals surface area contributed by atoms with Gasteiger partial charge in [-0.1, -0.05) is 20.8 Å². The Morgan fingerprint density at radius 2 is 2.08 bits per heavy atom. The van der Waals surface area contributed by atoms with Crippen LogP contribution >= 0.6 is 11.8 Å². The van der Waals surface area contributed by atoms with Gasteiger partial charge in [0.15, 0.2) is 0 Å². The van der Waals surface area contributed by atoms with E-state index >= 15 is 0 Å². The van der Waals surface area contributed by atoms with Crippen LogP contribution in [0.3, 0.4) is 0 Å². The lowest BCUT2D eigenvalue weighted by Gasteiger charge is -2.34. The molecule has 0 aromatic heterocycles. The molecule has 0 aliphatic carbocycles. The summed E-state index contributed by atoms with van der Waals surface area (Å²) in [7, 11) is 0. The number of hydrogen-bond acceptors (Lipinski definition) is 2. The van der Waals surface area contributed by atoms with Crippen LogP contribution in [0.2, 0.25) is 0 Å². The van der Waals surface area contributed by atoms with Gasteiger partial charge in [0.25, 0.3) is 0 Å². The van der Waals surface area contributed by atoms with Crippen LogP contribution in [0.15, 0.2) is 0 Å². The number of hydrogen-bond donors (Lipinski definition) is 1. The van der Waals surface area contributed by atoms with E-state index in [1.54, 1.807) is 0 Å². The van der Waals surface area contributed by atoms with E-state index in [-0.39, 0.29) is 0 Å². The topological polar surface area (TPSA) is 26.0 Å². The van der Waals surface area contributed by atoms with Crippen molar-refractivity contribution in [2.24, 2.45) is 16.6 Å². The van der Waals surface area contributed by atoms with Gasteiger partial charge in [0.2, 0.25) is 0 Å². The summed E-state index contributed by atoms with van der Waals surface area (Å²) in [5.74, 6) is 2.68. The molecular formula is C11H23NS. The van der Waals surface area contributed by atoms with Crippen LogP contribution in [0.1, 0.15) is 40.0 Å². The first-order chi connectivity index (χ1) is 5.97. The molecule has 2 N–H and O–H groups in total. The highest BCUT2D eigenvalue weighted by molar-refractivity contribution is 7.99. The van der Waals surface area contributed by atoms with Gasteiger partial charge in [0.05, 0.1) is 0 Å². The minimum Gasteiger partial charge on any atom is -0.330 e. The molecule has 1 fully saturated rings. The Morgan fingerprint density at radius 1 is 1.38 bits per heavy atom. The molecule has 0 aromatic carbocycles. The second kappa shape index (κ2) is 4.22. The summed E-state index contributed by atoms with van der Waals surface area (Å²) in [6.45, 7) is 7.88. The lowest BCUT2D eigenvalue weighted by atomic mass is 9.71. The third-order valence-corrected chi connectivity index (χ3v) is 4.07. The predicted octanol–water partition coefficient (Wildman–Crippen LogP) is 2.89. The second-order valence-electron chi connectivity index (χ2n) is 5.58. The van der Waals surface area contributed by atoms with Crippen molar-refractivity contribution in [2.45, 2.75) is 40.0 Å². The van der Waals surface area contributed by atoms with Gasteiger partial charge < -0.3 is 5.73 Å². The highest BCUT2D eigenvalue weighted by Gasteiger charge is 2.36. The fourth-order valence-electron chi connectivity index (χ4n) is 2.51. The van der Waals surface area contributed by atoms with Crippen molar-refractivity contribution in [3.8, 4) is 0 Å². The molecule has 1 heterocycles. The largest absolute Gasteiger partial charge is 0.330 e. The SMILES string of the molecule is CC(C)(C)CC1(CCN)CCSC1. The molecule has 1 aliphatic rings. The highest BCUT2D eigenvalue weighted by atomic mass is 32.2. The normalized spacial score (nSPS) is 29.5. The molecule has 1 saturated heterocycles. The van der Waals surface area contributed by atoms with Crippen molar-refractivity contribution >= 4 is 11.8 Å². The van der Waals surface area contributed by atoms with Crippen molar-refractivity contribution < 1.29 is 0 Å². The molecule has 0 radical (unpaired) electrons. The smallest absolute Gasteiger partial charge is 0.000983 e. The molecule has 0 spiro atoms. The molecule has 78 valence electrons. The maximum atomic E-state index is 5.70. The highest BCUT2D eigenvalue weighted by Crippen LogP contribution is 2.46. The average Bonchev–Trinajstić information content (AvgIpc) is 2.33. The fraction of sp³-hybridized carbons (Fsp3) is 1.00. The van der Waals surface area contributed by atoms with Crippen LogP contribution in [0.5, 0.6) is 0 Å². The Bertz CT molecular complexity index is 154. The zero-order valence-corrected chi connectivity index (χ0v) is 10.0.